The van der Waals surface area contributed by atoms with Crippen molar-refractivity contribution in [2.45, 2.75) is 6.42 Å². The van der Waals surface area contributed by atoms with Gasteiger partial charge in [-0.1, -0.05) is 6.07 Å². The molecule has 0 aliphatic carbocycles. The van der Waals surface area contributed by atoms with Crippen LogP contribution in [-0.2, 0) is 6.42 Å². The summed E-state index contributed by atoms with van der Waals surface area (Å²) in [6.45, 7) is 1.54. The van der Waals surface area contributed by atoms with Crippen LogP contribution in [0, 0.1) is 11.6 Å². The Morgan fingerprint density at radius 2 is 2.21 bits per heavy atom. The molecule has 14 heavy (non-hydrogen) atoms. The first-order valence-corrected chi connectivity index (χ1v) is 4.47. The topological polar surface area (TPSA) is 24.4 Å². The normalized spacial score (nSPS) is 15.1. The van der Waals surface area contributed by atoms with E-state index < -0.39 is 11.6 Å². The molecule has 2 rings (SSSR count). The summed E-state index contributed by atoms with van der Waals surface area (Å²) in [6.07, 6.45) is 0.409. The highest BCUT2D eigenvalue weighted by molar-refractivity contribution is 5.85. The van der Waals surface area contributed by atoms with Crippen molar-refractivity contribution >= 4 is 5.84 Å². The van der Waals surface area contributed by atoms with E-state index in [0.717, 1.165) is 25.0 Å². The predicted octanol–water partition coefficient (Wildman–Crippen LogP) is 1.51. The smallest absolute Gasteiger partial charge is 0.129 e. The van der Waals surface area contributed by atoms with Crippen LogP contribution in [0.15, 0.2) is 23.2 Å². The quantitative estimate of drug-likeness (QED) is 0.761. The summed E-state index contributed by atoms with van der Waals surface area (Å²) in [5, 5.41) is 3.04. The first-order chi connectivity index (χ1) is 6.75. The lowest BCUT2D eigenvalue weighted by Crippen LogP contribution is -2.21. The fourth-order valence-corrected chi connectivity index (χ4v) is 1.41. The van der Waals surface area contributed by atoms with Crippen LogP contribution in [-0.4, -0.2) is 18.9 Å². The van der Waals surface area contributed by atoms with Crippen LogP contribution in [0.25, 0.3) is 0 Å². The molecule has 1 aliphatic heterocycles. The SMILES string of the molecule is Fc1ccc(CC2=NCCN2)c(F)c1. The van der Waals surface area contributed by atoms with E-state index >= 15 is 0 Å². The first-order valence-electron chi connectivity index (χ1n) is 4.47. The maximum atomic E-state index is 13.2. The van der Waals surface area contributed by atoms with Gasteiger partial charge in [0, 0.05) is 19.0 Å². The van der Waals surface area contributed by atoms with E-state index in [1.807, 2.05) is 0 Å². The second kappa shape index (κ2) is 3.74. The molecule has 0 saturated carbocycles. The number of amidine groups is 1. The van der Waals surface area contributed by atoms with Gasteiger partial charge in [0.2, 0.25) is 0 Å². The van der Waals surface area contributed by atoms with Crippen LogP contribution in [0.2, 0.25) is 0 Å². The van der Waals surface area contributed by atoms with Crippen LogP contribution < -0.4 is 5.32 Å². The Bertz CT molecular complexity index is 374. The van der Waals surface area contributed by atoms with E-state index in [1.165, 1.54) is 12.1 Å². The van der Waals surface area contributed by atoms with E-state index in [9.17, 15) is 8.78 Å². The molecule has 0 saturated heterocycles. The van der Waals surface area contributed by atoms with Crippen LogP contribution in [0.3, 0.4) is 0 Å². The molecule has 0 bridgehead atoms. The highest BCUT2D eigenvalue weighted by Gasteiger charge is 2.09. The third kappa shape index (κ3) is 1.89. The maximum Gasteiger partial charge on any atom is 0.129 e. The van der Waals surface area contributed by atoms with E-state index in [2.05, 4.69) is 10.3 Å². The summed E-state index contributed by atoms with van der Waals surface area (Å²) in [7, 11) is 0. The highest BCUT2D eigenvalue weighted by atomic mass is 19.1. The summed E-state index contributed by atoms with van der Waals surface area (Å²) in [4.78, 5) is 4.14. The summed E-state index contributed by atoms with van der Waals surface area (Å²) in [5.41, 5.74) is 0.472. The lowest BCUT2D eigenvalue weighted by atomic mass is 10.1. The summed E-state index contributed by atoms with van der Waals surface area (Å²) in [5.74, 6) is -0.288. The zero-order valence-corrected chi connectivity index (χ0v) is 7.56. The highest BCUT2D eigenvalue weighted by Crippen LogP contribution is 2.10. The predicted molar refractivity (Wildman–Crippen MR) is 50.4 cm³/mol. The van der Waals surface area contributed by atoms with E-state index in [4.69, 9.17) is 0 Å². The molecule has 1 aromatic rings. The molecular formula is C10H10F2N2. The number of hydrogen-bond donors (Lipinski definition) is 1. The van der Waals surface area contributed by atoms with Gasteiger partial charge < -0.3 is 5.32 Å². The molecule has 2 nitrogen and oxygen atoms in total. The number of rotatable bonds is 2. The molecule has 74 valence electrons. The van der Waals surface area contributed by atoms with Crippen molar-refractivity contribution in [3.05, 3.63) is 35.4 Å². The molecule has 4 heteroatoms. The standard InChI is InChI=1S/C10H10F2N2/c11-8-2-1-7(9(12)6-8)5-10-13-3-4-14-10/h1-2,6H,3-5H2,(H,13,14). The Morgan fingerprint density at radius 1 is 1.36 bits per heavy atom. The minimum Gasteiger partial charge on any atom is -0.372 e. The van der Waals surface area contributed by atoms with Gasteiger partial charge in [0.05, 0.1) is 6.54 Å². The minimum absolute atomic E-state index is 0.409. The summed E-state index contributed by atoms with van der Waals surface area (Å²) < 4.78 is 25.8. The molecule has 0 amide bonds. The van der Waals surface area contributed by atoms with Crippen molar-refractivity contribution < 1.29 is 8.78 Å². The monoisotopic (exact) mass is 196 g/mol. The minimum atomic E-state index is -0.549. The van der Waals surface area contributed by atoms with Crippen LogP contribution in [0.5, 0.6) is 0 Å². The van der Waals surface area contributed by atoms with Gasteiger partial charge in [-0.05, 0) is 11.6 Å². The van der Waals surface area contributed by atoms with Gasteiger partial charge in [-0.3, -0.25) is 4.99 Å². The zero-order chi connectivity index (χ0) is 9.97. The van der Waals surface area contributed by atoms with Crippen molar-refractivity contribution in [1.29, 1.82) is 0 Å². The third-order valence-corrected chi connectivity index (χ3v) is 2.12. The van der Waals surface area contributed by atoms with Crippen molar-refractivity contribution in [3.8, 4) is 0 Å². The fraction of sp³-hybridized carbons (Fsp3) is 0.300. The number of aliphatic imine (C=N–C) groups is 1. The largest absolute Gasteiger partial charge is 0.372 e. The number of nitrogens with one attached hydrogen (secondary N) is 1. The van der Waals surface area contributed by atoms with Gasteiger partial charge in [-0.15, -0.1) is 0 Å². The van der Waals surface area contributed by atoms with Crippen molar-refractivity contribution in [2.24, 2.45) is 4.99 Å². The van der Waals surface area contributed by atoms with Crippen LogP contribution >= 0.6 is 0 Å². The molecule has 0 aromatic heterocycles. The maximum absolute atomic E-state index is 13.2. The number of halogens is 2. The third-order valence-electron chi connectivity index (χ3n) is 2.12. The average molecular weight is 196 g/mol. The molecule has 1 heterocycles. The number of benzene rings is 1. The fourth-order valence-electron chi connectivity index (χ4n) is 1.41. The second-order valence-electron chi connectivity index (χ2n) is 3.17. The number of nitrogens with zero attached hydrogens (tertiary/aromatic N) is 1. The number of hydrogen-bond acceptors (Lipinski definition) is 2. The molecule has 0 unspecified atom stereocenters. The zero-order valence-electron chi connectivity index (χ0n) is 7.56. The molecule has 0 spiro atoms. The molecular weight excluding hydrogens is 186 g/mol. The average Bonchev–Trinajstić information content (AvgIpc) is 2.62. The van der Waals surface area contributed by atoms with Gasteiger partial charge in [0.1, 0.15) is 17.5 Å². The Kier molecular flexibility index (Phi) is 2.43. The van der Waals surface area contributed by atoms with Crippen molar-refractivity contribution in [1.82, 2.24) is 5.32 Å². The van der Waals surface area contributed by atoms with Gasteiger partial charge in [0.25, 0.3) is 0 Å². The summed E-state index contributed by atoms with van der Waals surface area (Å²) in [6, 6.07) is 3.60. The summed E-state index contributed by atoms with van der Waals surface area (Å²) >= 11 is 0. The Morgan fingerprint density at radius 3 is 2.86 bits per heavy atom. The lowest BCUT2D eigenvalue weighted by Gasteiger charge is -2.03. The lowest BCUT2D eigenvalue weighted by molar-refractivity contribution is 0.575. The first kappa shape index (κ1) is 9.12. The van der Waals surface area contributed by atoms with Crippen LogP contribution in [0.4, 0.5) is 8.78 Å². The molecule has 1 aliphatic rings. The van der Waals surface area contributed by atoms with Gasteiger partial charge in [0.15, 0.2) is 0 Å². The molecule has 0 atom stereocenters. The molecule has 0 fully saturated rings. The van der Waals surface area contributed by atoms with E-state index in [-0.39, 0.29) is 0 Å². The van der Waals surface area contributed by atoms with E-state index in [0.29, 0.717) is 12.0 Å². The Labute approximate surface area is 80.7 Å². The molecule has 0 radical (unpaired) electrons. The van der Waals surface area contributed by atoms with Crippen LogP contribution in [0.1, 0.15) is 5.56 Å². The van der Waals surface area contributed by atoms with Crippen molar-refractivity contribution in [3.63, 3.8) is 0 Å². The van der Waals surface area contributed by atoms with Gasteiger partial charge in [-0.2, -0.15) is 0 Å². The molecule has 1 aromatic carbocycles. The van der Waals surface area contributed by atoms with Gasteiger partial charge >= 0.3 is 0 Å². The van der Waals surface area contributed by atoms with E-state index in [1.54, 1.807) is 0 Å². The molecule has 1 N–H and O–H groups in total. The Balaban J connectivity index is 2.16. The second-order valence-corrected chi connectivity index (χ2v) is 3.17. The van der Waals surface area contributed by atoms with Gasteiger partial charge in [-0.25, -0.2) is 8.78 Å². The Hall–Kier alpha value is -1.45. The van der Waals surface area contributed by atoms with Crippen molar-refractivity contribution in [2.75, 3.05) is 13.1 Å².